The van der Waals surface area contributed by atoms with Crippen LogP contribution in [0.4, 0.5) is 0 Å². The zero-order chi connectivity index (χ0) is 11.9. The molecule has 0 aromatic rings. The first-order valence-corrected chi connectivity index (χ1v) is 7.70. The van der Waals surface area contributed by atoms with Crippen LogP contribution in [0.1, 0.15) is 77.6 Å². The topological polar surface area (TPSA) is 9.23 Å². The number of hydrogen-bond acceptors (Lipinski definition) is 1. The molecule has 2 heterocycles. The van der Waals surface area contributed by atoms with Gasteiger partial charge in [-0.05, 0) is 37.7 Å². The van der Waals surface area contributed by atoms with Crippen molar-refractivity contribution in [1.29, 1.82) is 0 Å². The Balaban J connectivity index is 1.88. The Morgan fingerprint density at radius 1 is 0.941 bits per heavy atom. The normalized spacial score (nSPS) is 32.4. The third-order valence-corrected chi connectivity index (χ3v) is 4.20. The number of fused-ring (bicyclic) bond motifs is 2. The van der Waals surface area contributed by atoms with Crippen molar-refractivity contribution in [1.82, 2.24) is 0 Å². The third kappa shape index (κ3) is 4.73. The van der Waals surface area contributed by atoms with Gasteiger partial charge in [-0.3, -0.25) is 0 Å². The van der Waals surface area contributed by atoms with E-state index < -0.39 is 0 Å². The van der Waals surface area contributed by atoms with E-state index in [2.05, 4.69) is 13.0 Å². The molecular formula is C16H28O. The minimum absolute atomic E-state index is 0.531. The molecule has 1 fully saturated rings. The monoisotopic (exact) mass is 236 g/mol. The van der Waals surface area contributed by atoms with Crippen LogP contribution >= 0.6 is 0 Å². The average molecular weight is 236 g/mol. The van der Waals surface area contributed by atoms with Gasteiger partial charge in [0.1, 0.15) is 0 Å². The van der Waals surface area contributed by atoms with Crippen LogP contribution in [0.15, 0.2) is 11.8 Å². The van der Waals surface area contributed by atoms with E-state index in [0.717, 1.165) is 5.92 Å². The summed E-state index contributed by atoms with van der Waals surface area (Å²) in [7, 11) is 0. The molecule has 0 spiro atoms. The molecule has 0 radical (unpaired) electrons. The highest BCUT2D eigenvalue weighted by molar-refractivity contribution is 4.99. The molecule has 0 amide bonds. The summed E-state index contributed by atoms with van der Waals surface area (Å²) in [5.41, 5.74) is 0. The second kappa shape index (κ2) is 7.08. The fraction of sp³-hybridized carbons (Fsp3) is 0.875. The summed E-state index contributed by atoms with van der Waals surface area (Å²) in [6.45, 7) is 2.38. The van der Waals surface area contributed by atoms with E-state index in [-0.39, 0.29) is 0 Å². The third-order valence-electron chi connectivity index (χ3n) is 4.20. The summed E-state index contributed by atoms with van der Waals surface area (Å²) in [4.78, 5) is 0. The lowest BCUT2D eigenvalue weighted by Gasteiger charge is -2.26. The van der Waals surface area contributed by atoms with Gasteiger partial charge >= 0.3 is 0 Å². The summed E-state index contributed by atoms with van der Waals surface area (Å²) in [6.07, 6.45) is 17.7. The van der Waals surface area contributed by atoms with E-state index in [1.54, 1.807) is 0 Å². The smallest absolute Gasteiger partial charge is 0.0985 e. The standard InChI is InChI=1S/C16H28O/c1-14-9-6-4-2-3-5-7-10-15-11-8-12-16(13-14)17-15/h12,14-15H,2-11,13H2,1H3/t14-,15?/m1/s1. The predicted octanol–water partition coefficient (Wildman–Crippen LogP) is 5.21. The minimum atomic E-state index is 0.531. The SMILES string of the molecule is C[C@@H]1CCCCCCCCC2CCC=C(C1)O2. The van der Waals surface area contributed by atoms with E-state index in [1.807, 2.05) is 0 Å². The molecule has 1 saturated heterocycles. The largest absolute Gasteiger partial charge is 0.495 e. The second-order valence-corrected chi connectivity index (χ2v) is 6.00. The van der Waals surface area contributed by atoms with Gasteiger partial charge in [0.2, 0.25) is 0 Å². The minimum Gasteiger partial charge on any atom is -0.495 e. The first-order chi connectivity index (χ1) is 8.34. The molecule has 2 atom stereocenters. The molecule has 1 nitrogen and oxygen atoms in total. The molecule has 17 heavy (non-hydrogen) atoms. The lowest BCUT2D eigenvalue weighted by molar-refractivity contribution is 0.0753. The van der Waals surface area contributed by atoms with Gasteiger partial charge in [0.15, 0.2) is 0 Å². The van der Waals surface area contributed by atoms with Crippen LogP contribution in [0.2, 0.25) is 0 Å². The van der Waals surface area contributed by atoms with Gasteiger partial charge in [-0.15, -0.1) is 0 Å². The molecule has 0 aromatic carbocycles. The molecule has 1 unspecified atom stereocenters. The fourth-order valence-corrected chi connectivity index (χ4v) is 3.10. The molecular weight excluding hydrogens is 208 g/mol. The Morgan fingerprint density at radius 3 is 2.47 bits per heavy atom. The Kier molecular flexibility index (Phi) is 5.41. The summed E-state index contributed by atoms with van der Waals surface area (Å²) in [6, 6.07) is 0. The van der Waals surface area contributed by atoms with Crippen molar-refractivity contribution in [3.63, 3.8) is 0 Å². The fourth-order valence-electron chi connectivity index (χ4n) is 3.10. The Morgan fingerprint density at radius 2 is 1.65 bits per heavy atom. The zero-order valence-corrected chi connectivity index (χ0v) is 11.4. The van der Waals surface area contributed by atoms with Gasteiger partial charge < -0.3 is 4.74 Å². The van der Waals surface area contributed by atoms with Crippen LogP contribution < -0.4 is 0 Å². The molecule has 0 saturated carbocycles. The Bertz CT molecular complexity index is 244. The molecule has 0 N–H and O–H groups in total. The first kappa shape index (κ1) is 13.0. The Labute approximate surface area is 107 Å². The van der Waals surface area contributed by atoms with Crippen LogP contribution in [0.5, 0.6) is 0 Å². The van der Waals surface area contributed by atoms with Crippen molar-refractivity contribution >= 4 is 0 Å². The van der Waals surface area contributed by atoms with Gasteiger partial charge in [-0.1, -0.05) is 45.4 Å². The van der Waals surface area contributed by atoms with Gasteiger partial charge in [0.25, 0.3) is 0 Å². The van der Waals surface area contributed by atoms with Crippen molar-refractivity contribution in [2.75, 3.05) is 0 Å². The number of hydrogen-bond donors (Lipinski definition) is 0. The van der Waals surface area contributed by atoms with Crippen LogP contribution in [-0.2, 0) is 4.74 Å². The molecule has 0 aliphatic carbocycles. The van der Waals surface area contributed by atoms with Crippen LogP contribution in [0.25, 0.3) is 0 Å². The lowest BCUT2D eigenvalue weighted by atomic mass is 9.97. The highest BCUT2D eigenvalue weighted by atomic mass is 16.5. The van der Waals surface area contributed by atoms with Crippen molar-refractivity contribution in [3.05, 3.63) is 11.8 Å². The van der Waals surface area contributed by atoms with Crippen molar-refractivity contribution in [2.45, 2.75) is 83.7 Å². The van der Waals surface area contributed by atoms with E-state index in [1.165, 1.54) is 76.4 Å². The quantitative estimate of drug-likeness (QED) is 0.561. The average Bonchev–Trinajstić information content (AvgIpc) is 2.33. The predicted molar refractivity (Wildman–Crippen MR) is 72.9 cm³/mol. The molecule has 2 aliphatic rings. The number of allylic oxidation sites excluding steroid dienone is 2. The van der Waals surface area contributed by atoms with Gasteiger partial charge in [-0.25, -0.2) is 0 Å². The van der Waals surface area contributed by atoms with Crippen molar-refractivity contribution in [2.24, 2.45) is 5.92 Å². The number of rotatable bonds is 0. The van der Waals surface area contributed by atoms with Gasteiger partial charge in [0, 0.05) is 6.42 Å². The molecule has 98 valence electrons. The highest BCUT2D eigenvalue weighted by Crippen LogP contribution is 2.28. The maximum Gasteiger partial charge on any atom is 0.0985 e. The summed E-state index contributed by atoms with van der Waals surface area (Å²) < 4.78 is 6.13. The highest BCUT2D eigenvalue weighted by Gasteiger charge is 2.18. The van der Waals surface area contributed by atoms with Crippen molar-refractivity contribution < 1.29 is 4.74 Å². The maximum atomic E-state index is 6.13. The van der Waals surface area contributed by atoms with Gasteiger partial charge in [-0.2, -0.15) is 0 Å². The lowest BCUT2D eigenvalue weighted by Crippen LogP contribution is -2.17. The van der Waals surface area contributed by atoms with E-state index >= 15 is 0 Å². The van der Waals surface area contributed by atoms with Gasteiger partial charge in [0.05, 0.1) is 11.9 Å². The van der Waals surface area contributed by atoms with Crippen LogP contribution in [-0.4, -0.2) is 6.10 Å². The van der Waals surface area contributed by atoms with E-state index in [9.17, 15) is 0 Å². The first-order valence-electron chi connectivity index (χ1n) is 7.70. The molecule has 2 bridgehead atoms. The zero-order valence-electron chi connectivity index (χ0n) is 11.4. The summed E-state index contributed by atoms with van der Waals surface area (Å²) >= 11 is 0. The molecule has 2 rings (SSSR count). The van der Waals surface area contributed by atoms with Crippen LogP contribution in [0, 0.1) is 5.92 Å². The van der Waals surface area contributed by atoms with E-state index in [4.69, 9.17) is 4.74 Å². The van der Waals surface area contributed by atoms with Crippen LogP contribution in [0.3, 0.4) is 0 Å². The Hall–Kier alpha value is -0.460. The number of ether oxygens (including phenoxy) is 1. The summed E-state index contributed by atoms with van der Waals surface area (Å²) in [5, 5.41) is 0. The summed E-state index contributed by atoms with van der Waals surface area (Å²) in [5.74, 6) is 2.11. The van der Waals surface area contributed by atoms with E-state index in [0.29, 0.717) is 6.10 Å². The second-order valence-electron chi connectivity index (χ2n) is 6.00. The maximum absolute atomic E-state index is 6.13. The molecule has 2 aliphatic heterocycles. The molecule has 1 heteroatoms. The van der Waals surface area contributed by atoms with Crippen molar-refractivity contribution in [3.8, 4) is 0 Å². The molecule has 0 aromatic heterocycles.